The van der Waals surface area contributed by atoms with Crippen molar-refractivity contribution in [1.82, 2.24) is 10.2 Å². The zero-order valence-electron chi connectivity index (χ0n) is 12.5. The normalized spacial score (nSPS) is 18.2. The van der Waals surface area contributed by atoms with Crippen molar-refractivity contribution in [2.75, 3.05) is 26.3 Å². The summed E-state index contributed by atoms with van der Waals surface area (Å²) in [6, 6.07) is -0.389. The van der Waals surface area contributed by atoms with Gasteiger partial charge in [-0.1, -0.05) is 13.3 Å². The topological polar surface area (TPSA) is 58.6 Å². The second-order valence-electron chi connectivity index (χ2n) is 6.00. The van der Waals surface area contributed by atoms with Crippen LogP contribution in [0.5, 0.6) is 0 Å². The second-order valence-corrected chi connectivity index (χ2v) is 6.00. The fraction of sp³-hybridized carbons (Fsp3) is 0.857. The fourth-order valence-electron chi connectivity index (χ4n) is 2.15. The van der Waals surface area contributed by atoms with Crippen LogP contribution in [0.25, 0.3) is 0 Å². The molecule has 5 nitrogen and oxygen atoms in total. The molecular formula is C14H26N2O3. The molecule has 0 radical (unpaired) electrons. The molecule has 1 amide bonds. The first-order valence-corrected chi connectivity index (χ1v) is 7.03. The van der Waals surface area contributed by atoms with Gasteiger partial charge in [0.25, 0.3) is 5.91 Å². The standard InChI is InChI=1S/C14H26N2O3/c1-5-6-11(15-14(2,3)4)12(17)13(18)16-7-9-19-10-8-16/h11,15H,5-10H2,1-4H3. The monoisotopic (exact) mass is 270 g/mol. The molecule has 19 heavy (non-hydrogen) atoms. The van der Waals surface area contributed by atoms with Gasteiger partial charge >= 0.3 is 0 Å². The Morgan fingerprint density at radius 1 is 1.26 bits per heavy atom. The molecule has 0 aromatic carbocycles. The Labute approximate surface area is 115 Å². The predicted molar refractivity (Wildman–Crippen MR) is 74.0 cm³/mol. The molecule has 0 spiro atoms. The third-order valence-corrected chi connectivity index (χ3v) is 3.01. The first-order valence-electron chi connectivity index (χ1n) is 7.03. The Hall–Kier alpha value is -0.940. The Morgan fingerprint density at radius 2 is 1.84 bits per heavy atom. The number of carbonyl (C=O) groups excluding carboxylic acids is 2. The summed E-state index contributed by atoms with van der Waals surface area (Å²) < 4.78 is 5.20. The molecule has 1 saturated heterocycles. The van der Waals surface area contributed by atoms with Crippen molar-refractivity contribution in [3.63, 3.8) is 0 Å². The van der Waals surface area contributed by atoms with E-state index in [1.165, 1.54) is 0 Å². The number of hydrogen-bond donors (Lipinski definition) is 1. The van der Waals surface area contributed by atoms with Crippen LogP contribution in [0.2, 0.25) is 0 Å². The number of hydrogen-bond acceptors (Lipinski definition) is 4. The minimum absolute atomic E-state index is 0.180. The number of rotatable bonds is 5. The molecule has 1 N–H and O–H groups in total. The third-order valence-electron chi connectivity index (χ3n) is 3.01. The van der Waals surface area contributed by atoms with Crippen LogP contribution in [-0.4, -0.2) is 54.5 Å². The van der Waals surface area contributed by atoms with Crippen molar-refractivity contribution in [2.45, 2.75) is 52.1 Å². The molecular weight excluding hydrogens is 244 g/mol. The van der Waals surface area contributed by atoms with Crippen molar-refractivity contribution >= 4 is 11.7 Å². The van der Waals surface area contributed by atoms with E-state index in [0.717, 1.165) is 6.42 Å². The van der Waals surface area contributed by atoms with Crippen LogP contribution in [0.1, 0.15) is 40.5 Å². The first kappa shape index (κ1) is 16.1. The molecule has 1 atom stereocenters. The number of morpholine rings is 1. The molecule has 1 heterocycles. The van der Waals surface area contributed by atoms with Gasteiger partial charge in [0.05, 0.1) is 19.3 Å². The molecule has 1 unspecified atom stereocenters. The van der Waals surface area contributed by atoms with Crippen LogP contribution in [0.15, 0.2) is 0 Å². The lowest BCUT2D eigenvalue weighted by molar-refractivity contribution is -0.148. The van der Waals surface area contributed by atoms with Crippen LogP contribution in [0.4, 0.5) is 0 Å². The molecule has 0 aromatic heterocycles. The summed E-state index contributed by atoms with van der Waals surface area (Å²) in [7, 11) is 0. The maximum absolute atomic E-state index is 12.3. The summed E-state index contributed by atoms with van der Waals surface area (Å²) in [5.41, 5.74) is -0.180. The van der Waals surface area contributed by atoms with Crippen LogP contribution in [0, 0.1) is 0 Å². The minimum Gasteiger partial charge on any atom is -0.378 e. The lowest BCUT2D eigenvalue weighted by Gasteiger charge is -2.30. The zero-order chi connectivity index (χ0) is 14.5. The Bertz CT molecular complexity index is 317. The Kier molecular flexibility index (Phi) is 5.94. The highest BCUT2D eigenvalue weighted by atomic mass is 16.5. The molecule has 1 aliphatic rings. The van der Waals surface area contributed by atoms with E-state index in [9.17, 15) is 9.59 Å². The maximum atomic E-state index is 12.3. The third kappa shape index (κ3) is 5.28. The van der Waals surface area contributed by atoms with Crippen LogP contribution >= 0.6 is 0 Å². The van der Waals surface area contributed by atoms with Gasteiger partial charge in [-0.2, -0.15) is 0 Å². The minimum atomic E-state index is -0.389. The van der Waals surface area contributed by atoms with Crippen molar-refractivity contribution in [2.24, 2.45) is 0 Å². The number of Topliss-reactive ketones (excluding diaryl/α,β-unsaturated/α-hetero) is 1. The zero-order valence-corrected chi connectivity index (χ0v) is 12.5. The van der Waals surface area contributed by atoms with E-state index < -0.39 is 0 Å². The summed E-state index contributed by atoms with van der Waals surface area (Å²) in [6.07, 6.45) is 1.56. The highest BCUT2D eigenvalue weighted by Gasteiger charge is 2.31. The van der Waals surface area contributed by atoms with Crippen molar-refractivity contribution in [1.29, 1.82) is 0 Å². The van der Waals surface area contributed by atoms with Gasteiger partial charge in [-0.25, -0.2) is 0 Å². The SMILES string of the molecule is CCCC(NC(C)(C)C)C(=O)C(=O)N1CCOCC1. The van der Waals surface area contributed by atoms with Gasteiger partial charge in [0.2, 0.25) is 5.78 Å². The molecule has 0 aliphatic carbocycles. The van der Waals surface area contributed by atoms with Crippen molar-refractivity contribution in [3.05, 3.63) is 0 Å². The highest BCUT2D eigenvalue weighted by molar-refractivity contribution is 6.38. The van der Waals surface area contributed by atoms with E-state index in [2.05, 4.69) is 5.32 Å². The van der Waals surface area contributed by atoms with Gasteiger partial charge < -0.3 is 15.0 Å². The molecule has 1 fully saturated rings. The van der Waals surface area contributed by atoms with Gasteiger partial charge in [-0.05, 0) is 27.2 Å². The van der Waals surface area contributed by atoms with Gasteiger partial charge in [0, 0.05) is 18.6 Å². The largest absolute Gasteiger partial charge is 0.378 e. The number of ether oxygens (including phenoxy) is 1. The number of nitrogens with one attached hydrogen (secondary N) is 1. The van der Waals surface area contributed by atoms with Crippen molar-refractivity contribution in [3.8, 4) is 0 Å². The molecule has 5 heteroatoms. The number of carbonyl (C=O) groups is 2. The lowest BCUT2D eigenvalue weighted by Crippen LogP contribution is -2.54. The smallest absolute Gasteiger partial charge is 0.291 e. The van der Waals surface area contributed by atoms with Gasteiger partial charge in [-0.15, -0.1) is 0 Å². The van der Waals surface area contributed by atoms with Crippen LogP contribution < -0.4 is 5.32 Å². The van der Waals surface area contributed by atoms with E-state index in [1.807, 2.05) is 27.7 Å². The van der Waals surface area contributed by atoms with Crippen LogP contribution in [0.3, 0.4) is 0 Å². The quantitative estimate of drug-likeness (QED) is 0.756. The predicted octanol–water partition coefficient (Wildman–Crippen LogP) is 0.971. The summed E-state index contributed by atoms with van der Waals surface area (Å²) in [4.78, 5) is 26.1. The molecule has 110 valence electrons. The molecule has 0 aromatic rings. The summed E-state index contributed by atoms with van der Waals surface area (Å²) in [5.74, 6) is -0.697. The van der Waals surface area contributed by atoms with Crippen LogP contribution in [-0.2, 0) is 14.3 Å². The lowest BCUT2D eigenvalue weighted by atomic mass is 10.0. The summed E-state index contributed by atoms with van der Waals surface area (Å²) in [6.45, 7) is 10.1. The number of nitrogens with zero attached hydrogens (tertiary/aromatic N) is 1. The fourth-order valence-corrected chi connectivity index (χ4v) is 2.15. The van der Waals surface area contributed by atoms with E-state index in [0.29, 0.717) is 32.7 Å². The van der Waals surface area contributed by atoms with Crippen molar-refractivity contribution < 1.29 is 14.3 Å². The average Bonchev–Trinajstić information content (AvgIpc) is 2.36. The van der Waals surface area contributed by atoms with Gasteiger partial charge in [0.1, 0.15) is 0 Å². The summed E-state index contributed by atoms with van der Waals surface area (Å²) in [5, 5.41) is 3.25. The molecule has 0 saturated carbocycles. The Morgan fingerprint density at radius 3 is 2.32 bits per heavy atom. The number of ketones is 1. The first-order chi connectivity index (χ1) is 8.85. The molecule has 1 aliphatic heterocycles. The van der Waals surface area contributed by atoms with E-state index in [1.54, 1.807) is 4.90 Å². The highest BCUT2D eigenvalue weighted by Crippen LogP contribution is 2.09. The maximum Gasteiger partial charge on any atom is 0.291 e. The van der Waals surface area contributed by atoms with E-state index in [-0.39, 0.29) is 23.3 Å². The summed E-state index contributed by atoms with van der Waals surface area (Å²) >= 11 is 0. The molecule has 1 rings (SSSR count). The van der Waals surface area contributed by atoms with Gasteiger partial charge in [0.15, 0.2) is 0 Å². The van der Waals surface area contributed by atoms with E-state index in [4.69, 9.17) is 4.74 Å². The van der Waals surface area contributed by atoms with Gasteiger partial charge in [-0.3, -0.25) is 9.59 Å². The van der Waals surface area contributed by atoms with E-state index >= 15 is 0 Å². The second kappa shape index (κ2) is 7.01. The Balaban J connectivity index is 2.66. The molecule has 0 bridgehead atoms. The number of amides is 1. The average molecular weight is 270 g/mol.